The van der Waals surface area contributed by atoms with Crippen LogP contribution in [-0.4, -0.2) is 30.3 Å². The Morgan fingerprint density at radius 3 is 2.67 bits per heavy atom. The van der Waals surface area contributed by atoms with Crippen LogP contribution < -0.4 is 5.73 Å². The third-order valence-electron chi connectivity index (χ3n) is 1.74. The fraction of sp³-hybridized carbons (Fsp3) is 0.875. The minimum absolute atomic E-state index is 0.548. The van der Waals surface area contributed by atoms with Gasteiger partial charge in [0.25, 0.3) is 0 Å². The molecule has 0 saturated heterocycles. The van der Waals surface area contributed by atoms with E-state index in [1.807, 2.05) is 6.92 Å². The molecule has 0 unspecified atom stereocenters. The van der Waals surface area contributed by atoms with E-state index >= 15 is 0 Å². The number of nitrogens with two attached hydrogens (primary N) is 1. The Balaban J connectivity index is 3.75. The van der Waals surface area contributed by atoms with Gasteiger partial charge in [0.05, 0.1) is 13.2 Å². The fourth-order valence-electron chi connectivity index (χ4n) is 0.886. The Hall–Kier alpha value is -0.610. The van der Waals surface area contributed by atoms with Crippen LogP contribution in [0.25, 0.3) is 0 Å². The van der Waals surface area contributed by atoms with E-state index in [2.05, 4.69) is 4.74 Å². The summed E-state index contributed by atoms with van der Waals surface area (Å²) in [4.78, 5) is 10.8. The molecule has 0 amide bonds. The lowest BCUT2D eigenvalue weighted by atomic mass is 10.1. The van der Waals surface area contributed by atoms with Crippen molar-refractivity contribution in [1.29, 1.82) is 0 Å². The molecule has 0 aliphatic carbocycles. The number of methoxy groups -OCH3 is 1. The molecule has 0 aliphatic heterocycles. The molecule has 72 valence electrons. The topological polar surface area (TPSA) is 72.5 Å². The number of unbranched alkanes of at least 4 members (excludes halogenated alkanes) is 1. The Labute approximate surface area is 72.7 Å². The van der Waals surface area contributed by atoms with Crippen LogP contribution in [-0.2, 0) is 9.53 Å². The second kappa shape index (κ2) is 5.97. The van der Waals surface area contributed by atoms with Crippen LogP contribution in [0, 0.1) is 0 Å². The van der Waals surface area contributed by atoms with Crippen molar-refractivity contribution in [3.8, 4) is 0 Å². The molecule has 0 rings (SSSR count). The first-order chi connectivity index (χ1) is 5.63. The number of esters is 1. The average molecular weight is 175 g/mol. The van der Waals surface area contributed by atoms with Gasteiger partial charge in [-0.1, -0.05) is 19.8 Å². The third kappa shape index (κ3) is 3.69. The van der Waals surface area contributed by atoms with Crippen LogP contribution in [0.15, 0.2) is 0 Å². The lowest BCUT2D eigenvalue weighted by molar-refractivity contribution is -0.145. The molecule has 0 aromatic heterocycles. The zero-order valence-electron chi connectivity index (χ0n) is 7.62. The van der Waals surface area contributed by atoms with E-state index in [1.165, 1.54) is 7.11 Å². The number of carbonyl (C=O) groups is 1. The van der Waals surface area contributed by atoms with Gasteiger partial charge in [-0.05, 0) is 6.42 Å². The summed E-state index contributed by atoms with van der Waals surface area (Å²) in [5.74, 6) is -0.557. The molecular weight excluding hydrogens is 158 g/mol. The molecule has 0 radical (unpaired) electrons. The first-order valence-corrected chi connectivity index (χ1v) is 4.15. The van der Waals surface area contributed by atoms with Gasteiger partial charge in [-0.2, -0.15) is 0 Å². The average Bonchev–Trinajstić information content (AvgIpc) is 2.11. The summed E-state index contributed by atoms with van der Waals surface area (Å²) >= 11 is 0. The van der Waals surface area contributed by atoms with E-state index in [0.29, 0.717) is 6.42 Å². The predicted octanol–water partition coefficient (Wildman–Crippen LogP) is 0.0378. The van der Waals surface area contributed by atoms with E-state index < -0.39 is 18.1 Å². The van der Waals surface area contributed by atoms with Gasteiger partial charge in [0.15, 0.2) is 0 Å². The van der Waals surface area contributed by atoms with Gasteiger partial charge in [0.1, 0.15) is 6.04 Å². The SMILES string of the molecule is CCCC[C@@H](O)[C@@H](N)C(=O)OC. The van der Waals surface area contributed by atoms with Crippen molar-refractivity contribution in [3.05, 3.63) is 0 Å². The number of rotatable bonds is 5. The van der Waals surface area contributed by atoms with Crippen molar-refractivity contribution < 1.29 is 14.6 Å². The highest BCUT2D eigenvalue weighted by Gasteiger charge is 2.22. The van der Waals surface area contributed by atoms with E-state index in [0.717, 1.165) is 12.8 Å². The maximum absolute atomic E-state index is 10.8. The minimum Gasteiger partial charge on any atom is -0.468 e. The first-order valence-electron chi connectivity index (χ1n) is 4.15. The highest BCUT2D eigenvalue weighted by Crippen LogP contribution is 2.04. The number of aliphatic hydroxyl groups excluding tert-OH is 1. The predicted molar refractivity (Wildman–Crippen MR) is 45.5 cm³/mol. The second-order valence-electron chi connectivity index (χ2n) is 2.76. The normalized spacial score (nSPS) is 15.3. The van der Waals surface area contributed by atoms with Gasteiger partial charge in [0, 0.05) is 0 Å². The van der Waals surface area contributed by atoms with Gasteiger partial charge in [-0.3, -0.25) is 4.79 Å². The van der Waals surface area contributed by atoms with Crippen LogP contribution in [0.4, 0.5) is 0 Å². The molecule has 0 aromatic rings. The molecule has 12 heavy (non-hydrogen) atoms. The summed E-state index contributed by atoms with van der Waals surface area (Å²) in [6.45, 7) is 2.01. The van der Waals surface area contributed by atoms with Crippen molar-refractivity contribution in [1.82, 2.24) is 0 Å². The summed E-state index contributed by atoms with van der Waals surface area (Å²) in [7, 11) is 1.26. The Morgan fingerprint density at radius 2 is 2.25 bits per heavy atom. The zero-order valence-corrected chi connectivity index (χ0v) is 7.62. The molecule has 0 heterocycles. The van der Waals surface area contributed by atoms with Crippen molar-refractivity contribution in [2.45, 2.75) is 38.3 Å². The number of hydrogen-bond acceptors (Lipinski definition) is 4. The van der Waals surface area contributed by atoms with E-state index in [-0.39, 0.29) is 0 Å². The minimum atomic E-state index is -0.901. The van der Waals surface area contributed by atoms with Crippen LogP contribution in [0.5, 0.6) is 0 Å². The van der Waals surface area contributed by atoms with E-state index in [4.69, 9.17) is 5.73 Å². The standard InChI is InChI=1S/C8H17NO3/c1-3-4-5-6(10)7(9)8(11)12-2/h6-7,10H,3-5,9H2,1-2H3/t6-,7-/m1/s1. The smallest absolute Gasteiger partial charge is 0.325 e. The molecule has 0 aromatic carbocycles. The molecule has 0 aliphatic rings. The number of ether oxygens (including phenoxy) is 1. The maximum Gasteiger partial charge on any atom is 0.325 e. The summed E-state index contributed by atoms with van der Waals surface area (Å²) in [6, 6.07) is -0.901. The van der Waals surface area contributed by atoms with Crippen molar-refractivity contribution in [3.63, 3.8) is 0 Å². The van der Waals surface area contributed by atoms with Crippen LogP contribution in [0.2, 0.25) is 0 Å². The summed E-state index contributed by atoms with van der Waals surface area (Å²) in [6.07, 6.45) is 1.61. The third-order valence-corrected chi connectivity index (χ3v) is 1.74. The van der Waals surface area contributed by atoms with Crippen molar-refractivity contribution in [2.24, 2.45) is 5.73 Å². The first kappa shape index (κ1) is 11.4. The van der Waals surface area contributed by atoms with Crippen molar-refractivity contribution in [2.75, 3.05) is 7.11 Å². The van der Waals surface area contributed by atoms with Gasteiger partial charge in [-0.25, -0.2) is 0 Å². The number of carbonyl (C=O) groups excluding carboxylic acids is 1. The maximum atomic E-state index is 10.8. The quantitative estimate of drug-likeness (QED) is 0.578. The molecule has 2 atom stereocenters. The molecule has 0 spiro atoms. The lowest BCUT2D eigenvalue weighted by Crippen LogP contribution is -2.42. The van der Waals surface area contributed by atoms with Crippen LogP contribution >= 0.6 is 0 Å². The Kier molecular flexibility index (Phi) is 5.66. The van der Waals surface area contributed by atoms with Crippen LogP contribution in [0.3, 0.4) is 0 Å². The van der Waals surface area contributed by atoms with Gasteiger partial charge in [-0.15, -0.1) is 0 Å². The summed E-state index contributed by atoms with van der Waals surface area (Å²) in [5, 5.41) is 9.32. The van der Waals surface area contributed by atoms with Crippen molar-refractivity contribution >= 4 is 5.97 Å². The highest BCUT2D eigenvalue weighted by atomic mass is 16.5. The molecular formula is C8H17NO3. The Bertz CT molecular complexity index is 138. The molecule has 3 N–H and O–H groups in total. The molecule has 0 fully saturated rings. The Morgan fingerprint density at radius 1 is 1.67 bits per heavy atom. The molecule has 4 nitrogen and oxygen atoms in total. The monoisotopic (exact) mass is 175 g/mol. The van der Waals surface area contributed by atoms with Crippen LogP contribution in [0.1, 0.15) is 26.2 Å². The lowest BCUT2D eigenvalue weighted by Gasteiger charge is -2.15. The van der Waals surface area contributed by atoms with E-state index in [1.54, 1.807) is 0 Å². The number of hydrogen-bond donors (Lipinski definition) is 2. The van der Waals surface area contributed by atoms with E-state index in [9.17, 15) is 9.90 Å². The van der Waals surface area contributed by atoms with Gasteiger partial charge < -0.3 is 15.6 Å². The fourth-order valence-corrected chi connectivity index (χ4v) is 0.886. The largest absolute Gasteiger partial charge is 0.468 e. The second-order valence-corrected chi connectivity index (χ2v) is 2.76. The van der Waals surface area contributed by atoms with Gasteiger partial charge >= 0.3 is 5.97 Å². The van der Waals surface area contributed by atoms with Gasteiger partial charge in [0.2, 0.25) is 0 Å². The molecule has 0 saturated carbocycles. The highest BCUT2D eigenvalue weighted by molar-refractivity contribution is 5.75. The summed E-state index contributed by atoms with van der Waals surface area (Å²) < 4.78 is 4.39. The molecule has 4 heteroatoms. The zero-order chi connectivity index (χ0) is 9.56. The number of aliphatic hydroxyl groups is 1. The summed E-state index contributed by atoms with van der Waals surface area (Å²) in [5.41, 5.74) is 5.39. The molecule has 0 bridgehead atoms.